The molecule has 0 atom stereocenters. The van der Waals surface area contributed by atoms with Crippen molar-refractivity contribution in [2.45, 2.75) is 0 Å². The molecule has 0 aliphatic carbocycles. The molecule has 1 aromatic carbocycles. The number of nitrogens with zero attached hydrogens (tertiary/aromatic N) is 4. The van der Waals surface area contributed by atoms with Gasteiger partial charge in [0, 0.05) is 18.5 Å². The van der Waals surface area contributed by atoms with E-state index in [0.29, 0.717) is 5.52 Å². The van der Waals surface area contributed by atoms with Crippen LogP contribution in [0.2, 0.25) is 0 Å². The van der Waals surface area contributed by atoms with Crippen LogP contribution in [0.4, 0.5) is 5.69 Å². The first-order valence-corrected chi connectivity index (χ1v) is 4.99. The first kappa shape index (κ1) is 11.6. The summed E-state index contributed by atoms with van der Waals surface area (Å²) in [6.45, 7) is 0. The average molecular weight is 244 g/mol. The van der Waals surface area contributed by atoms with Gasteiger partial charge in [-0.05, 0) is 28.5 Å². The Morgan fingerprint density at radius 2 is 1.83 bits per heavy atom. The molecule has 0 aliphatic rings. The van der Waals surface area contributed by atoms with Gasteiger partial charge in [0.1, 0.15) is 5.52 Å². The van der Waals surface area contributed by atoms with Crippen molar-refractivity contribution in [1.29, 1.82) is 0 Å². The van der Waals surface area contributed by atoms with Crippen LogP contribution in [0, 0.1) is 10.1 Å². The van der Waals surface area contributed by atoms with Crippen LogP contribution in [0.3, 0.4) is 0 Å². The molecule has 0 fully saturated rings. The van der Waals surface area contributed by atoms with Crippen molar-refractivity contribution >= 4 is 16.7 Å². The Labute approximate surface area is 101 Å². The van der Waals surface area contributed by atoms with Crippen molar-refractivity contribution in [3.8, 4) is 0 Å². The SMILES string of the molecule is O=[N+]([O-])c1cccc2nonc12.c1ccncc1. The minimum Gasteiger partial charge on any atom is -0.265 e. The lowest BCUT2D eigenvalue weighted by Crippen LogP contribution is -1.88. The molecule has 7 nitrogen and oxygen atoms in total. The number of aromatic nitrogens is 3. The van der Waals surface area contributed by atoms with Crippen LogP contribution in [-0.2, 0) is 0 Å². The van der Waals surface area contributed by atoms with Crippen LogP contribution in [0.5, 0.6) is 0 Å². The van der Waals surface area contributed by atoms with E-state index >= 15 is 0 Å². The molecule has 0 saturated carbocycles. The molecule has 90 valence electrons. The number of pyridine rings is 1. The van der Waals surface area contributed by atoms with Gasteiger partial charge in [-0.2, -0.15) is 0 Å². The standard InChI is InChI=1S/C6H3N3O3.C5H5N/c10-9(11)5-3-1-2-4-6(5)8-12-7-4;1-2-4-6-5-3-1/h1-3H;1-5H. The second-order valence-electron chi connectivity index (χ2n) is 3.19. The Balaban J connectivity index is 0.000000169. The quantitative estimate of drug-likeness (QED) is 0.481. The van der Waals surface area contributed by atoms with Crippen molar-refractivity contribution in [3.63, 3.8) is 0 Å². The van der Waals surface area contributed by atoms with E-state index in [0.717, 1.165) is 0 Å². The fourth-order valence-electron chi connectivity index (χ4n) is 1.25. The van der Waals surface area contributed by atoms with Gasteiger partial charge in [0.05, 0.1) is 4.92 Å². The largest absolute Gasteiger partial charge is 0.300 e. The molecule has 0 saturated heterocycles. The highest BCUT2D eigenvalue weighted by molar-refractivity contribution is 5.82. The van der Waals surface area contributed by atoms with Gasteiger partial charge in [-0.1, -0.05) is 12.1 Å². The van der Waals surface area contributed by atoms with E-state index in [9.17, 15) is 10.1 Å². The molecule has 7 heteroatoms. The summed E-state index contributed by atoms with van der Waals surface area (Å²) < 4.78 is 4.35. The van der Waals surface area contributed by atoms with E-state index in [4.69, 9.17) is 0 Å². The van der Waals surface area contributed by atoms with Gasteiger partial charge in [-0.3, -0.25) is 15.1 Å². The molecular weight excluding hydrogens is 236 g/mol. The third-order valence-corrected chi connectivity index (χ3v) is 2.03. The summed E-state index contributed by atoms with van der Waals surface area (Å²) in [5.74, 6) is 0. The molecule has 3 aromatic rings. The lowest BCUT2D eigenvalue weighted by molar-refractivity contribution is -0.383. The van der Waals surface area contributed by atoms with Crippen LogP contribution in [0.25, 0.3) is 11.0 Å². The highest BCUT2D eigenvalue weighted by Gasteiger charge is 2.14. The lowest BCUT2D eigenvalue weighted by atomic mass is 10.3. The van der Waals surface area contributed by atoms with Crippen LogP contribution < -0.4 is 0 Å². The van der Waals surface area contributed by atoms with E-state index in [1.165, 1.54) is 12.1 Å². The van der Waals surface area contributed by atoms with Crippen molar-refractivity contribution in [1.82, 2.24) is 15.3 Å². The zero-order valence-corrected chi connectivity index (χ0v) is 9.13. The van der Waals surface area contributed by atoms with Crippen LogP contribution in [0.1, 0.15) is 0 Å². The molecule has 0 N–H and O–H groups in total. The maximum absolute atomic E-state index is 10.4. The second-order valence-corrected chi connectivity index (χ2v) is 3.19. The minimum atomic E-state index is -0.521. The van der Waals surface area contributed by atoms with Crippen LogP contribution in [0.15, 0.2) is 53.4 Å². The Morgan fingerprint density at radius 1 is 1.06 bits per heavy atom. The summed E-state index contributed by atoms with van der Waals surface area (Å²) in [5, 5.41) is 17.3. The fraction of sp³-hybridized carbons (Fsp3) is 0. The summed E-state index contributed by atoms with van der Waals surface area (Å²) in [5.41, 5.74) is 0.487. The van der Waals surface area contributed by atoms with Gasteiger partial charge in [0.15, 0.2) is 0 Å². The number of hydrogen-bond donors (Lipinski definition) is 0. The smallest absolute Gasteiger partial charge is 0.265 e. The predicted molar refractivity (Wildman–Crippen MR) is 62.7 cm³/mol. The second kappa shape index (κ2) is 5.48. The monoisotopic (exact) mass is 244 g/mol. The molecule has 18 heavy (non-hydrogen) atoms. The number of fused-ring (bicyclic) bond motifs is 1. The number of non-ortho nitro benzene ring substituents is 1. The van der Waals surface area contributed by atoms with Crippen molar-refractivity contribution in [2.24, 2.45) is 0 Å². The maximum Gasteiger partial charge on any atom is 0.300 e. The highest BCUT2D eigenvalue weighted by Crippen LogP contribution is 2.21. The normalized spacial score (nSPS) is 9.56. The van der Waals surface area contributed by atoms with Crippen molar-refractivity contribution < 1.29 is 9.55 Å². The minimum absolute atomic E-state index is 0.0891. The van der Waals surface area contributed by atoms with Gasteiger partial charge < -0.3 is 0 Å². The number of hydrogen-bond acceptors (Lipinski definition) is 6. The first-order chi connectivity index (χ1) is 8.79. The molecule has 2 aromatic heterocycles. The van der Waals surface area contributed by atoms with Gasteiger partial charge in [0.2, 0.25) is 5.52 Å². The molecule has 0 amide bonds. The Morgan fingerprint density at radius 3 is 2.39 bits per heavy atom. The molecule has 3 rings (SSSR count). The van der Waals surface area contributed by atoms with Gasteiger partial charge >= 0.3 is 5.69 Å². The number of benzene rings is 1. The number of nitro benzene ring substituents is 1. The summed E-state index contributed by atoms with van der Waals surface area (Å²) in [6.07, 6.45) is 3.50. The first-order valence-electron chi connectivity index (χ1n) is 4.99. The Kier molecular flexibility index (Phi) is 3.55. The molecule has 2 heterocycles. The van der Waals surface area contributed by atoms with Crippen molar-refractivity contribution in [3.05, 3.63) is 58.9 Å². The molecule has 0 unspecified atom stereocenters. The number of rotatable bonds is 1. The third kappa shape index (κ3) is 2.64. The van der Waals surface area contributed by atoms with Crippen molar-refractivity contribution in [2.75, 3.05) is 0 Å². The van der Waals surface area contributed by atoms with Gasteiger partial charge in [-0.25, -0.2) is 4.63 Å². The van der Waals surface area contributed by atoms with Gasteiger partial charge in [-0.15, -0.1) is 0 Å². The number of nitro groups is 1. The van der Waals surface area contributed by atoms with Gasteiger partial charge in [0.25, 0.3) is 0 Å². The van der Waals surface area contributed by atoms with E-state index in [1.54, 1.807) is 18.5 Å². The highest BCUT2D eigenvalue weighted by atomic mass is 16.6. The van der Waals surface area contributed by atoms with E-state index < -0.39 is 4.92 Å². The van der Waals surface area contributed by atoms with E-state index in [2.05, 4.69) is 19.9 Å². The van der Waals surface area contributed by atoms with Crippen LogP contribution in [-0.4, -0.2) is 20.2 Å². The molecule has 0 aliphatic heterocycles. The predicted octanol–water partition coefficient (Wildman–Crippen LogP) is 2.21. The topological polar surface area (TPSA) is 95.0 Å². The lowest BCUT2D eigenvalue weighted by Gasteiger charge is -1.87. The fourth-order valence-corrected chi connectivity index (χ4v) is 1.25. The van der Waals surface area contributed by atoms with E-state index in [-0.39, 0.29) is 11.2 Å². The summed E-state index contributed by atoms with van der Waals surface area (Å²) in [6, 6.07) is 10.2. The average Bonchev–Trinajstić information content (AvgIpc) is 2.89. The molecule has 0 radical (unpaired) electrons. The zero-order chi connectivity index (χ0) is 12.8. The summed E-state index contributed by atoms with van der Waals surface area (Å²) in [4.78, 5) is 13.7. The zero-order valence-electron chi connectivity index (χ0n) is 9.13. The molecular formula is C11H8N4O3. The molecule has 0 bridgehead atoms. The summed E-state index contributed by atoms with van der Waals surface area (Å²) >= 11 is 0. The third-order valence-electron chi connectivity index (χ3n) is 2.03. The Hall–Kier alpha value is -2.83. The molecule has 0 spiro atoms. The van der Waals surface area contributed by atoms with E-state index in [1.807, 2.05) is 18.2 Å². The Bertz CT molecular complexity index is 612. The van der Waals surface area contributed by atoms with Crippen LogP contribution >= 0.6 is 0 Å². The maximum atomic E-state index is 10.4. The summed E-state index contributed by atoms with van der Waals surface area (Å²) in [7, 11) is 0.